The third-order valence-electron chi connectivity index (χ3n) is 2.39. The highest BCUT2D eigenvalue weighted by Crippen LogP contribution is 2.19. The van der Waals surface area contributed by atoms with E-state index in [0.717, 1.165) is 5.56 Å². The molecule has 0 radical (unpaired) electrons. The van der Waals surface area contributed by atoms with Crippen LogP contribution >= 0.6 is 0 Å². The summed E-state index contributed by atoms with van der Waals surface area (Å²) >= 11 is 0. The van der Waals surface area contributed by atoms with Gasteiger partial charge in [-0.1, -0.05) is 12.1 Å². The third-order valence-corrected chi connectivity index (χ3v) is 2.39. The maximum absolute atomic E-state index is 12.8. The zero-order chi connectivity index (χ0) is 12.9. The summed E-state index contributed by atoms with van der Waals surface area (Å²) < 4.78 is 12.8. The van der Waals surface area contributed by atoms with Gasteiger partial charge in [0.05, 0.1) is 12.1 Å². The van der Waals surface area contributed by atoms with Gasteiger partial charge in [-0.05, 0) is 31.5 Å². The van der Waals surface area contributed by atoms with Crippen LogP contribution in [0.5, 0.6) is 0 Å². The summed E-state index contributed by atoms with van der Waals surface area (Å²) in [6.07, 6.45) is 0. The van der Waals surface area contributed by atoms with E-state index in [0.29, 0.717) is 0 Å². The number of hydrogen-bond acceptors (Lipinski definition) is 2. The van der Waals surface area contributed by atoms with Gasteiger partial charge >= 0.3 is 6.03 Å². The molecule has 0 saturated heterocycles. The van der Waals surface area contributed by atoms with Gasteiger partial charge in [-0.3, -0.25) is 0 Å². The maximum atomic E-state index is 12.8. The Morgan fingerprint density at radius 3 is 2.47 bits per heavy atom. The van der Waals surface area contributed by atoms with Crippen LogP contribution in [0.3, 0.4) is 0 Å². The first kappa shape index (κ1) is 13.4. The molecule has 0 aliphatic carbocycles. The molecule has 0 atom stereocenters. The second kappa shape index (κ2) is 5.63. The lowest BCUT2D eigenvalue weighted by Gasteiger charge is -2.27. The Bertz CT molecular complexity index is 377. The lowest BCUT2D eigenvalue weighted by molar-refractivity contribution is 0.224. The average molecular weight is 240 g/mol. The summed E-state index contributed by atoms with van der Waals surface area (Å²) in [5.41, 5.74) is 0.200. The number of aliphatic hydroxyl groups is 1. The highest BCUT2D eigenvalue weighted by Gasteiger charge is 2.22. The van der Waals surface area contributed by atoms with Crippen molar-refractivity contribution in [1.82, 2.24) is 10.6 Å². The highest BCUT2D eigenvalue weighted by molar-refractivity contribution is 5.74. The minimum Gasteiger partial charge on any atom is -0.395 e. The van der Waals surface area contributed by atoms with E-state index in [1.54, 1.807) is 12.1 Å². The van der Waals surface area contributed by atoms with Crippen molar-refractivity contribution < 1.29 is 14.3 Å². The number of urea groups is 1. The number of rotatable bonds is 4. The minimum absolute atomic E-state index is 0.107. The van der Waals surface area contributed by atoms with Crippen LogP contribution in [0.4, 0.5) is 9.18 Å². The SMILES string of the molecule is CC(C)(NC(=O)NCCO)c1ccc(F)cc1. The molecule has 1 aromatic carbocycles. The van der Waals surface area contributed by atoms with Crippen molar-refractivity contribution in [2.45, 2.75) is 19.4 Å². The van der Waals surface area contributed by atoms with E-state index in [-0.39, 0.29) is 25.0 Å². The van der Waals surface area contributed by atoms with Gasteiger partial charge in [0.1, 0.15) is 5.82 Å². The molecule has 0 aliphatic rings. The number of carbonyl (C=O) groups excluding carboxylic acids is 1. The smallest absolute Gasteiger partial charge is 0.315 e. The van der Waals surface area contributed by atoms with Crippen LogP contribution in [0.1, 0.15) is 19.4 Å². The van der Waals surface area contributed by atoms with Crippen LogP contribution in [0.15, 0.2) is 24.3 Å². The Kier molecular flexibility index (Phi) is 4.45. The summed E-state index contributed by atoms with van der Waals surface area (Å²) in [7, 11) is 0. The van der Waals surface area contributed by atoms with Crippen molar-refractivity contribution in [2.75, 3.05) is 13.2 Å². The standard InChI is InChI=1S/C12H17FN2O2/c1-12(2,15-11(17)14-7-8-16)9-3-5-10(13)6-4-9/h3-6,16H,7-8H2,1-2H3,(H2,14,15,17). The first-order valence-corrected chi connectivity index (χ1v) is 5.38. The Labute approximate surface area is 99.8 Å². The molecule has 0 spiro atoms. The zero-order valence-corrected chi connectivity index (χ0v) is 9.96. The van der Waals surface area contributed by atoms with Crippen molar-refractivity contribution in [3.8, 4) is 0 Å². The van der Waals surface area contributed by atoms with Crippen molar-refractivity contribution in [3.63, 3.8) is 0 Å². The van der Waals surface area contributed by atoms with Crippen LogP contribution in [0, 0.1) is 5.82 Å². The lowest BCUT2D eigenvalue weighted by Crippen LogP contribution is -2.47. The Hall–Kier alpha value is -1.62. The normalized spacial score (nSPS) is 11.1. The first-order valence-electron chi connectivity index (χ1n) is 5.38. The molecule has 2 amide bonds. The fourth-order valence-corrected chi connectivity index (χ4v) is 1.44. The maximum Gasteiger partial charge on any atom is 0.315 e. The molecule has 0 saturated carbocycles. The number of halogens is 1. The Morgan fingerprint density at radius 2 is 1.94 bits per heavy atom. The first-order chi connectivity index (χ1) is 7.95. The number of nitrogens with one attached hydrogen (secondary N) is 2. The van der Waals surface area contributed by atoms with Crippen molar-refractivity contribution in [2.24, 2.45) is 0 Å². The molecule has 0 fully saturated rings. The van der Waals surface area contributed by atoms with Gasteiger partial charge in [-0.15, -0.1) is 0 Å². The quantitative estimate of drug-likeness (QED) is 0.744. The Balaban J connectivity index is 2.67. The number of benzene rings is 1. The molecular formula is C12H17FN2O2. The summed E-state index contributed by atoms with van der Waals surface area (Å²) in [6, 6.07) is 5.59. The molecule has 17 heavy (non-hydrogen) atoms. The average Bonchev–Trinajstić information content (AvgIpc) is 2.26. The largest absolute Gasteiger partial charge is 0.395 e. The number of amides is 2. The minimum atomic E-state index is -0.604. The second-order valence-corrected chi connectivity index (χ2v) is 4.24. The topological polar surface area (TPSA) is 61.4 Å². The number of hydrogen-bond donors (Lipinski definition) is 3. The lowest BCUT2D eigenvalue weighted by atomic mass is 9.94. The molecule has 4 nitrogen and oxygen atoms in total. The van der Waals surface area contributed by atoms with Crippen molar-refractivity contribution >= 4 is 6.03 Å². The van der Waals surface area contributed by atoms with Gasteiger partial charge in [0, 0.05) is 6.54 Å². The summed E-state index contributed by atoms with van der Waals surface area (Å²) in [5.74, 6) is -0.311. The van der Waals surface area contributed by atoms with Gasteiger partial charge in [0.25, 0.3) is 0 Å². The second-order valence-electron chi connectivity index (χ2n) is 4.24. The molecule has 3 N–H and O–H groups in total. The van der Waals surface area contributed by atoms with E-state index in [2.05, 4.69) is 10.6 Å². The molecule has 5 heteroatoms. The van der Waals surface area contributed by atoms with Crippen molar-refractivity contribution in [3.05, 3.63) is 35.6 Å². The summed E-state index contributed by atoms with van der Waals surface area (Å²) in [5, 5.41) is 13.8. The molecule has 0 aromatic heterocycles. The van der Waals surface area contributed by atoms with Gasteiger partial charge < -0.3 is 15.7 Å². The molecular weight excluding hydrogens is 223 g/mol. The Morgan fingerprint density at radius 1 is 1.35 bits per heavy atom. The number of aliphatic hydroxyl groups excluding tert-OH is 1. The fraction of sp³-hybridized carbons (Fsp3) is 0.417. The van der Waals surface area contributed by atoms with Crippen LogP contribution in [0.2, 0.25) is 0 Å². The molecule has 0 bridgehead atoms. The van der Waals surface area contributed by atoms with Crippen LogP contribution in [-0.4, -0.2) is 24.3 Å². The van der Waals surface area contributed by atoms with Crippen LogP contribution in [-0.2, 0) is 5.54 Å². The molecule has 0 aliphatic heterocycles. The van der Waals surface area contributed by atoms with Gasteiger partial charge in [0.2, 0.25) is 0 Å². The van der Waals surface area contributed by atoms with Crippen molar-refractivity contribution in [1.29, 1.82) is 0 Å². The van der Waals surface area contributed by atoms with E-state index in [9.17, 15) is 9.18 Å². The summed E-state index contributed by atoms with van der Waals surface area (Å²) in [4.78, 5) is 11.5. The van der Waals surface area contributed by atoms with E-state index < -0.39 is 5.54 Å². The van der Waals surface area contributed by atoms with E-state index in [1.807, 2.05) is 13.8 Å². The predicted molar refractivity (Wildman–Crippen MR) is 63.0 cm³/mol. The number of carbonyl (C=O) groups is 1. The molecule has 1 rings (SSSR count). The van der Waals surface area contributed by atoms with E-state index in [4.69, 9.17) is 5.11 Å². The van der Waals surface area contributed by atoms with Gasteiger partial charge in [0.15, 0.2) is 0 Å². The summed E-state index contributed by atoms with van der Waals surface area (Å²) in [6.45, 7) is 3.73. The zero-order valence-electron chi connectivity index (χ0n) is 9.96. The van der Waals surface area contributed by atoms with E-state index >= 15 is 0 Å². The highest BCUT2D eigenvalue weighted by atomic mass is 19.1. The molecule has 0 heterocycles. The molecule has 1 aromatic rings. The van der Waals surface area contributed by atoms with Crippen LogP contribution in [0.25, 0.3) is 0 Å². The van der Waals surface area contributed by atoms with Crippen LogP contribution < -0.4 is 10.6 Å². The fourth-order valence-electron chi connectivity index (χ4n) is 1.44. The van der Waals surface area contributed by atoms with Gasteiger partial charge in [-0.25, -0.2) is 9.18 Å². The van der Waals surface area contributed by atoms with Gasteiger partial charge in [-0.2, -0.15) is 0 Å². The third kappa shape index (κ3) is 4.03. The monoisotopic (exact) mass is 240 g/mol. The van der Waals surface area contributed by atoms with E-state index in [1.165, 1.54) is 12.1 Å². The predicted octanol–water partition coefficient (Wildman–Crippen LogP) is 1.35. The molecule has 0 unspecified atom stereocenters. The molecule has 94 valence electrons.